The number of hydrogen-bond acceptors (Lipinski definition) is 6. The molecule has 47 heavy (non-hydrogen) atoms. The molecule has 3 fully saturated rings. The van der Waals surface area contributed by atoms with Gasteiger partial charge in [0.05, 0.1) is 17.9 Å². The molecule has 10 nitrogen and oxygen atoms in total. The quantitative estimate of drug-likeness (QED) is 0.226. The summed E-state index contributed by atoms with van der Waals surface area (Å²) >= 11 is 0. The van der Waals surface area contributed by atoms with Gasteiger partial charge >= 0.3 is 0 Å². The summed E-state index contributed by atoms with van der Waals surface area (Å²) < 4.78 is 21.6. The number of ether oxygens (including phenoxy) is 1. The Morgan fingerprint density at radius 3 is 2.49 bits per heavy atom. The Hall–Kier alpha value is -3.34. The number of amides is 2. The molecule has 1 aliphatic carbocycles. The molecule has 5 rings (SSSR count). The van der Waals surface area contributed by atoms with Crippen molar-refractivity contribution >= 4 is 17.5 Å². The van der Waals surface area contributed by atoms with E-state index >= 15 is 0 Å². The smallest absolute Gasteiger partial charge is 0.270 e. The number of piperidine rings is 1. The monoisotopic (exact) mass is 655 g/mol. The number of imidazole rings is 1. The summed E-state index contributed by atoms with van der Waals surface area (Å²) in [7, 11) is 0. The second kappa shape index (κ2) is 18.3. The van der Waals surface area contributed by atoms with Crippen LogP contribution in [0.5, 0.6) is 0 Å². The number of rotatable bonds is 8. The van der Waals surface area contributed by atoms with E-state index in [1.165, 1.54) is 11.1 Å². The van der Waals surface area contributed by atoms with E-state index in [2.05, 4.69) is 46.5 Å². The first kappa shape index (κ1) is 38.1. The van der Waals surface area contributed by atoms with Gasteiger partial charge in [-0.15, -0.1) is 0 Å². The molecule has 2 aliphatic heterocycles. The van der Waals surface area contributed by atoms with Gasteiger partial charge in [0.15, 0.2) is 0 Å². The molecule has 2 aromatic heterocycles. The van der Waals surface area contributed by atoms with Crippen LogP contribution < -0.4 is 10.6 Å². The van der Waals surface area contributed by atoms with Crippen LogP contribution in [-0.4, -0.2) is 62.7 Å². The minimum Gasteiger partial charge on any atom is -0.381 e. The number of nitrogens with zero attached hydrogens (tertiary/aromatic N) is 3. The molecule has 2 amide bonds. The van der Waals surface area contributed by atoms with Crippen LogP contribution in [0.2, 0.25) is 0 Å². The van der Waals surface area contributed by atoms with Crippen molar-refractivity contribution in [2.45, 2.75) is 125 Å². The van der Waals surface area contributed by atoms with E-state index in [0.717, 1.165) is 81.9 Å². The molecule has 1 saturated carbocycles. The molecule has 262 valence electrons. The SMILES string of the molecule is CC1CCC(=O)NC1.CCC(C)=C(C(C)=N)C1CCOCC1.CCn1nccc1C(=O)NC(c1cnc(C)[nH]1)C1CCCC(C)(F)C1. The number of hydrogen-bond donors (Lipinski definition) is 4. The van der Waals surface area contributed by atoms with Gasteiger partial charge in [0, 0.05) is 44.6 Å². The lowest BCUT2D eigenvalue weighted by Gasteiger charge is -2.36. The summed E-state index contributed by atoms with van der Waals surface area (Å²) in [5.41, 5.74) is 3.57. The molecule has 0 spiro atoms. The zero-order chi connectivity index (χ0) is 34.6. The predicted octanol–water partition coefficient (Wildman–Crippen LogP) is 7.04. The van der Waals surface area contributed by atoms with Crippen LogP contribution in [0.1, 0.15) is 127 Å². The van der Waals surface area contributed by atoms with Gasteiger partial charge in [0.1, 0.15) is 17.2 Å². The van der Waals surface area contributed by atoms with E-state index in [0.29, 0.717) is 36.9 Å². The second-order valence-corrected chi connectivity index (χ2v) is 13.7. The summed E-state index contributed by atoms with van der Waals surface area (Å²) in [5, 5.41) is 17.9. The van der Waals surface area contributed by atoms with Crippen LogP contribution in [0.4, 0.5) is 4.39 Å². The van der Waals surface area contributed by atoms with E-state index in [4.69, 9.17) is 10.1 Å². The Labute approximate surface area is 280 Å². The topological polar surface area (TPSA) is 138 Å². The van der Waals surface area contributed by atoms with Gasteiger partial charge in [-0.05, 0) is 115 Å². The van der Waals surface area contributed by atoms with E-state index < -0.39 is 5.67 Å². The minimum atomic E-state index is -1.19. The van der Waals surface area contributed by atoms with Gasteiger partial charge < -0.3 is 25.8 Å². The molecule has 0 aromatic carbocycles. The summed E-state index contributed by atoms with van der Waals surface area (Å²) in [6, 6.07) is 1.41. The number of H-pyrrole nitrogens is 1. The maximum absolute atomic E-state index is 14.6. The molecular formula is C36H58FN7O3. The fraction of sp³-hybridized carbons (Fsp3) is 0.694. The minimum absolute atomic E-state index is 0.0329. The first-order chi connectivity index (χ1) is 22.3. The standard InChI is InChI=1S/C18H26FN5O.C12H21NO.C6H11NO/c1-4-24-15(7-9-21-24)17(25)23-16(14-11-20-12(2)22-14)13-6-5-8-18(3,19)10-13;1-4-9(2)12(10(3)13)11-5-7-14-8-6-11;1-5-2-3-6(8)7-4-5/h7,9,11,13,16H,4-6,8,10H2,1-3H3,(H,20,22)(H,23,25);11,13H,4-8H2,1-3H3;5H,2-4H2,1H3,(H,7,8). The highest BCUT2D eigenvalue weighted by Gasteiger charge is 2.38. The third kappa shape index (κ3) is 11.7. The van der Waals surface area contributed by atoms with Crippen molar-refractivity contribution in [1.29, 1.82) is 5.41 Å². The van der Waals surface area contributed by atoms with Crippen molar-refractivity contribution < 1.29 is 18.7 Å². The molecule has 11 heteroatoms. The molecule has 2 aromatic rings. The van der Waals surface area contributed by atoms with Gasteiger partial charge in [0.25, 0.3) is 5.91 Å². The lowest BCUT2D eigenvalue weighted by molar-refractivity contribution is -0.122. The van der Waals surface area contributed by atoms with Crippen LogP contribution in [0.15, 0.2) is 29.6 Å². The van der Waals surface area contributed by atoms with E-state index in [-0.39, 0.29) is 23.8 Å². The fourth-order valence-corrected chi connectivity index (χ4v) is 6.82. The molecule has 3 aliphatic rings. The molecule has 4 heterocycles. The molecule has 4 N–H and O–H groups in total. The van der Waals surface area contributed by atoms with Crippen LogP contribution >= 0.6 is 0 Å². The lowest BCUT2D eigenvalue weighted by Crippen LogP contribution is -2.39. The molecule has 0 bridgehead atoms. The second-order valence-electron chi connectivity index (χ2n) is 13.7. The summed E-state index contributed by atoms with van der Waals surface area (Å²) in [4.78, 5) is 30.7. The molecule has 4 unspecified atom stereocenters. The third-order valence-electron chi connectivity index (χ3n) is 9.56. The number of halogens is 1. The number of allylic oxidation sites excluding steroid dienone is 2. The molecule has 4 atom stereocenters. The summed E-state index contributed by atoms with van der Waals surface area (Å²) in [6.45, 7) is 17.1. The van der Waals surface area contributed by atoms with Gasteiger partial charge in [-0.3, -0.25) is 14.3 Å². The third-order valence-corrected chi connectivity index (χ3v) is 9.56. The Bertz CT molecular complexity index is 1330. The highest BCUT2D eigenvalue weighted by Crippen LogP contribution is 2.41. The van der Waals surface area contributed by atoms with Crippen LogP contribution in [-0.2, 0) is 16.1 Å². The highest BCUT2D eigenvalue weighted by atomic mass is 19.1. The van der Waals surface area contributed by atoms with Gasteiger partial charge in [-0.1, -0.05) is 19.4 Å². The number of alkyl halides is 1. The Kier molecular flexibility index (Phi) is 14.8. The normalized spacial score (nSPS) is 24.4. The van der Waals surface area contributed by atoms with E-state index in [1.54, 1.807) is 30.1 Å². The Balaban J connectivity index is 0.000000227. The van der Waals surface area contributed by atoms with Crippen LogP contribution in [0.25, 0.3) is 0 Å². The average molecular weight is 656 g/mol. The lowest BCUT2D eigenvalue weighted by atomic mass is 9.76. The van der Waals surface area contributed by atoms with E-state index in [1.807, 2.05) is 20.8 Å². The zero-order valence-electron chi connectivity index (χ0n) is 29.7. The number of aromatic amines is 1. The summed E-state index contributed by atoms with van der Waals surface area (Å²) in [5.74, 6) is 2.09. The summed E-state index contributed by atoms with van der Waals surface area (Å²) in [6.07, 6.45) is 11.1. The first-order valence-electron chi connectivity index (χ1n) is 17.5. The van der Waals surface area contributed by atoms with Crippen molar-refractivity contribution in [3.63, 3.8) is 0 Å². The van der Waals surface area contributed by atoms with Crippen molar-refractivity contribution in [1.82, 2.24) is 30.4 Å². The first-order valence-corrected chi connectivity index (χ1v) is 17.5. The Morgan fingerprint density at radius 1 is 1.23 bits per heavy atom. The predicted molar refractivity (Wildman–Crippen MR) is 184 cm³/mol. The van der Waals surface area contributed by atoms with Crippen molar-refractivity contribution in [2.24, 2.45) is 17.8 Å². The van der Waals surface area contributed by atoms with Crippen molar-refractivity contribution in [2.75, 3.05) is 19.8 Å². The maximum atomic E-state index is 14.6. The van der Waals surface area contributed by atoms with Gasteiger partial charge in [-0.2, -0.15) is 5.10 Å². The number of aromatic nitrogens is 4. The van der Waals surface area contributed by atoms with Gasteiger partial charge in [-0.25, -0.2) is 9.37 Å². The number of aryl methyl sites for hydroxylation is 2. The van der Waals surface area contributed by atoms with Crippen molar-refractivity contribution in [3.05, 3.63) is 46.8 Å². The van der Waals surface area contributed by atoms with Crippen LogP contribution in [0.3, 0.4) is 0 Å². The number of nitrogens with one attached hydrogen (secondary N) is 4. The van der Waals surface area contributed by atoms with Crippen LogP contribution in [0, 0.1) is 30.1 Å². The van der Waals surface area contributed by atoms with E-state index in [9.17, 15) is 14.0 Å². The average Bonchev–Trinajstić information content (AvgIpc) is 3.71. The number of carbonyl (C=O) groups is 2. The molecular weight excluding hydrogens is 597 g/mol. The Morgan fingerprint density at radius 2 is 1.96 bits per heavy atom. The number of carbonyl (C=O) groups excluding carboxylic acids is 2. The maximum Gasteiger partial charge on any atom is 0.270 e. The molecule has 2 saturated heterocycles. The van der Waals surface area contributed by atoms with Gasteiger partial charge in [0.2, 0.25) is 5.91 Å². The zero-order valence-corrected chi connectivity index (χ0v) is 29.7. The largest absolute Gasteiger partial charge is 0.381 e. The fourth-order valence-electron chi connectivity index (χ4n) is 6.82. The highest BCUT2D eigenvalue weighted by molar-refractivity contribution is 5.96. The van der Waals surface area contributed by atoms with Crippen molar-refractivity contribution in [3.8, 4) is 0 Å². The molecule has 0 radical (unpaired) electrons.